The van der Waals surface area contributed by atoms with Gasteiger partial charge < -0.3 is 5.32 Å². The van der Waals surface area contributed by atoms with E-state index in [-0.39, 0.29) is 29.9 Å². The van der Waals surface area contributed by atoms with Crippen molar-refractivity contribution in [2.45, 2.75) is 18.6 Å². The minimum atomic E-state index is -0.777. The van der Waals surface area contributed by atoms with Gasteiger partial charge in [0, 0.05) is 38.3 Å². The van der Waals surface area contributed by atoms with E-state index in [2.05, 4.69) is 10.2 Å². The number of hydrogen-bond acceptors (Lipinski definition) is 5. The lowest BCUT2D eigenvalue weighted by Crippen LogP contribution is -2.51. The highest BCUT2D eigenvalue weighted by atomic mass is 19.1. The molecule has 0 unspecified atom stereocenters. The van der Waals surface area contributed by atoms with E-state index in [0.29, 0.717) is 26.1 Å². The molecule has 1 aromatic carbocycles. The maximum atomic E-state index is 13.4. The minimum absolute atomic E-state index is 0.123. The van der Waals surface area contributed by atoms with Gasteiger partial charge in [0.25, 0.3) is 5.69 Å². The molecule has 1 amide bonds. The number of halogens is 1. The summed E-state index contributed by atoms with van der Waals surface area (Å²) in [7, 11) is 0. The monoisotopic (exact) mass is 322 g/mol. The Morgan fingerprint density at radius 1 is 1.35 bits per heavy atom. The van der Waals surface area contributed by atoms with E-state index >= 15 is 0 Å². The second kappa shape index (κ2) is 6.59. The van der Waals surface area contributed by atoms with Gasteiger partial charge in [-0.15, -0.1) is 0 Å². The molecule has 0 bridgehead atoms. The second-order valence-electron chi connectivity index (χ2n) is 6.04. The highest BCUT2D eigenvalue weighted by Gasteiger charge is 2.36. The molecule has 2 heterocycles. The lowest BCUT2D eigenvalue weighted by molar-refractivity contribution is -0.383. The number of para-hydroxylation sites is 2. The average Bonchev–Trinajstić information content (AvgIpc) is 2.86. The lowest BCUT2D eigenvalue weighted by Gasteiger charge is -2.36. The number of alkyl halides is 1. The number of rotatable bonds is 4. The number of piperazine rings is 1. The van der Waals surface area contributed by atoms with Crippen molar-refractivity contribution in [3.63, 3.8) is 0 Å². The first-order chi connectivity index (χ1) is 11.0. The molecule has 2 aliphatic rings. The molecule has 2 atom stereocenters. The molecule has 7 nitrogen and oxygen atoms in total. The first-order valence-corrected chi connectivity index (χ1v) is 7.66. The smallest absolute Gasteiger partial charge is 0.292 e. The summed E-state index contributed by atoms with van der Waals surface area (Å²) >= 11 is 0. The normalized spacial score (nSPS) is 25.1. The number of amides is 1. The maximum absolute atomic E-state index is 13.4. The molecule has 0 spiro atoms. The molecule has 0 aromatic heterocycles. The van der Waals surface area contributed by atoms with Crippen LogP contribution in [0.5, 0.6) is 0 Å². The molecular formula is C15H19FN4O3. The third-order valence-electron chi connectivity index (χ3n) is 4.39. The number of nitro groups is 1. The molecule has 0 saturated carbocycles. The summed E-state index contributed by atoms with van der Waals surface area (Å²) < 4.78 is 13.4. The van der Waals surface area contributed by atoms with Crippen LogP contribution >= 0.6 is 0 Å². The summed E-state index contributed by atoms with van der Waals surface area (Å²) in [4.78, 5) is 26.7. The van der Waals surface area contributed by atoms with Gasteiger partial charge in [0.1, 0.15) is 11.9 Å². The molecule has 1 N–H and O–H groups in total. The summed E-state index contributed by atoms with van der Waals surface area (Å²) in [5.74, 6) is -0.289. The van der Waals surface area contributed by atoms with Gasteiger partial charge in [-0.25, -0.2) is 4.39 Å². The van der Waals surface area contributed by atoms with E-state index in [0.717, 1.165) is 6.54 Å². The molecule has 2 fully saturated rings. The Morgan fingerprint density at radius 3 is 2.91 bits per heavy atom. The van der Waals surface area contributed by atoms with Gasteiger partial charge in [-0.2, -0.15) is 0 Å². The number of carbonyl (C=O) groups excluding carboxylic acids is 1. The van der Waals surface area contributed by atoms with Crippen LogP contribution < -0.4 is 5.32 Å². The Morgan fingerprint density at radius 2 is 2.13 bits per heavy atom. The summed E-state index contributed by atoms with van der Waals surface area (Å²) in [6.45, 7) is 2.76. The van der Waals surface area contributed by atoms with E-state index in [1.54, 1.807) is 12.1 Å². The van der Waals surface area contributed by atoms with Gasteiger partial charge in [0.2, 0.25) is 5.91 Å². The van der Waals surface area contributed by atoms with Gasteiger partial charge >= 0.3 is 0 Å². The zero-order valence-corrected chi connectivity index (χ0v) is 12.7. The van der Waals surface area contributed by atoms with Crippen molar-refractivity contribution in [2.75, 3.05) is 38.0 Å². The predicted molar refractivity (Wildman–Crippen MR) is 83.0 cm³/mol. The van der Waals surface area contributed by atoms with E-state index in [9.17, 15) is 19.3 Å². The first-order valence-electron chi connectivity index (χ1n) is 7.66. The van der Waals surface area contributed by atoms with Crippen molar-refractivity contribution < 1.29 is 14.1 Å². The fourth-order valence-corrected chi connectivity index (χ4v) is 3.32. The summed E-state index contributed by atoms with van der Waals surface area (Å²) in [5.41, 5.74) is 0.0764. The Hall–Kier alpha value is -2.06. The zero-order chi connectivity index (χ0) is 16.4. The van der Waals surface area contributed by atoms with Crippen molar-refractivity contribution in [3.05, 3.63) is 34.4 Å². The summed E-state index contributed by atoms with van der Waals surface area (Å²) in [6, 6.07) is 6.23. The predicted octanol–water partition coefficient (Wildman–Crippen LogP) is 1.26. The van der Waals surface area contributed by atoms with E-state index < -0.39 is 11.1 Å². The van der Waals surface area contributed by atoms with Gasteiger partial charge in [0.05, 0.1) is 11.5 Å². The van der Waals surface area contributed by atoms with E-state index in [1.807, 2.05) is 4.90 Å². The van der Waals surface area contributed by atoms with Crippen LogP contribution in [0.3, 0.4) is 0 Å². The summed E-state index contributed by atoms with van der Waals surface area (Å²) in [5, 5.41) is 13.5. The van der Waals surface area contributed by atoms with Crippen LogP contribution in [0.1, 0.15) is 6.42 Å². The maximum Gasteiger partial charge on any atom is 0.292 e. The average molecular weight is 322 g/mol. The third kappa shape index (κ3) is 3.65. The molecular weight excluding hydrogens is 303 g/mol. The highest BCUT2D eigenvalue weighted by molar-refractivity contribution is 5.94. The van der Waals surface area contributed by atoms with Crippen LogP contribution in [0, 0.1) is 10.1 Å². The van der Waals surface area contributed by atoms with Crippen molar-refractivity contribution in [3.8, 4) is 0 Å². The van der Waals surface area contributed by atoms with Gasteiger partial charge in [-0.05, 0) is 12.5 Å². The van der Waals surface area contributed by atoms with Crippen molar-refractivity contribution in [1.82, 2.24) is 9.80 Å². The first kappa shape index (κ1) is 15.8. The molecule has 3 rings (SSSR count). The van der Waals surface area contributed by atoms with Crippen LogP contribution in [-0.2, 0) is 4.79 Å². The molecule has 8 heteroatoms. The Labute approximate surface area is 133 Å². The van der Waals surface area contributed by atoms with Crippen LogP contribution in [0.2, 0.25) is 0 Å². The molecule has 0 aliphatic carbocycles. The molecule has 2 saturated heterocycles. The quantitative estimate of drug-likeness (QED) is 0.667. The van der Waals surface area contributed by atoms with E-state index in [4.69, 9.17) is 0 Å². The number of benzene rings is 1. The van der Waals surface area contributed by atoms with Crippen molar-refractivity contribution in [2.24, 2.45) is 0 Å². The molecule has 2 aliphatic heterocycles. The number of anilines is 1. The van der Waals surface area contributed by atoms with Gasteiger partial charge in [0.15, 0.2) is 0 Å². The highest BCUT2D eigenvalue weighted by Crippen LogP contribution is 2.25. The zero-order valence-electron chi connectivity index (χ0n) is 12.7. The standard InChI is InChI=1S/C15H19FN4O3/c16-11-7-12-9-18(5-6-19(12)8-11)10-15(21)17-13-3-1-2-4-14(13)20(22)23/h1-4,11-12H,5-10H2,(H,17,21)/t11-,12-/m0/s1. The molecule has 124 valence electrons. The topological polar surface area (TPSA) is 78.7 Å². The minimum Gasteiger partial charge on any atom is -0.319 e. The summed E-state index contributed by atoms with van der Waals surface area (Å²) in [6.07, 6.45) is -0.261. The Bertz CT molecular complexity index is 612. The van der Waals surface area contributed by atoms with Crippen LogP contribution in [0.4, 0.5) is 15.8 Å². The number of carbonyl (C=O) groups is 1. The SMILES string of the molecule is O=C(CN1CCN2C[C@@H](F)C[C@H]2C1)Nc1ccccc1[N+](=O)[O-]. The fourth-order valence-electron chi connectivity index (χ4n) is 3.32. The number of nitrogens with one attached hydrogen (secondary N) is 1. The largest absolute Gasteiger partial charge is 0.319 e. The number of nitrogens with zero attached hydrogens (tertiary/aromatic N) is 3. The van der Waals surface area contributed by atoms with Crippen molar-refractivity contribution >= 4 is 17.3 Å². The molecule has 0 radical (unpaired) electrons. The Kier molecular flexibility index (Phi) is 4.53. The van der Waals surface area contributed by atoms with Crippen LogP contribution in [0.25, 0.3) is 0 Å². The third-order valence-corrected chi connectivity index (χ3v) is 4.39. The fraction of sp³-hybridized carbons (Fsp3) is 0.533. The van der Waals surface area contributed by atoms with Gasteiger partial charge in [-0.3, -0.25) is 24.7 Å². The lowest BCUT2D eigenvalue weighted by atomic mass is 10.1. The number of hydrogen-bond donors (Lipinski definition) is 1. The second-order valence-corrected chi connectivity index (χ2v) is 6.04. The van der Waals surface area contributed by atoms with E-state index in [1.165, 1.54) is 12.1 Å². The van der Waals surface area contributed by atoms with Crippen molar-refractivity contribution in [1.29, 1.82) is 0 Å². The van der Waals surface area contributed by atoms with Crippen LogP contribution in [-0.4, -0.2) is 65.6 Å². The Balaban J connectivity index is 1.57. The number of nitro benzene ring substituents is 1. The van der Waals surface area contributed by atoms with Crippen LogP contribution in [0.15, 0.2) is 24.3 Å². The van der Waals surface area contributed by atoms with Gasteiger partial charge in [-0.1, -0.05) is 12.1 Å². The number of fused-ring (bicyclic) bond motifs is 1. The molecule has 1 aromatic rings. The molecule has 23 heavy (non-hydrogen) atoms.